The molecule has 0 aliphatic carbocycles. The van der Waals surface area contributed by atoms with Crippen LogP contribution in [0.4, 0.5) is 5.88 Å². The number of nitrogens with zero attached hydrogens (tertiary/aromatic N) is 2. The number of carbonyl (C=O) groups is 2. The number of hydrogen-bond donors (Lipinski definition) is 1. The summed E-state index contributed by atoms with van der Waals surface area (Å²) in [6.07, 6.45) is 1.82. The summed E-state index contributed by atoms with van der Waals surface area (Å²) in [5.41, 5.74) is 0. The quantitative estimate of drug-likeness (QED) is 0.652. The normalized spacial score (nSPS) is 19.2. The second-order valence-corrected chi connectivity index (χ2v) is 4.24. The lowest BCUT2D eigenvalue weighted by Gasteiger charge is -2.32. The Morgan fingerprint density at radius 2 is 2.16 bits per heavy atom. The van der Waals surface area contributed by atoms with Gasteiger partial charge in [-0.2, -0.15) is 0 Å². The monoisotopic (exact) mass is 268 g/mol. The van der Waals surface area contributed by atoms with Gasteiger partial charge in [-0.05, 0) is 25.3 Å². The van der Waals surface area contributed by atoms with Crippen molar-refractivity contribution in [1.29, 1.82) is 0 Å². The van der Waals surface area contributed by atoms with E-state index in [-0.39, 0.29) is 5.76 Å². The van der Waals surface area contributed by atoms with Crippen LogP contribution in [0.2, 0.25) is 0 Å². The van der Waals surface area contributed by atoms with E-state index in [0.717, 1.165) is 12.5 Å². The number of carbonyl (C=O) groups excluding carboxylic acids is 1. The second kappa shape index (κ2) is 5.09. The molecule has 1 aromatic heterocycles. The third kappa shape index (κ3) is 2.56. The third-order valence-electron chi connectivity index (χ3n) is 3.03. The molecular weight excluding hydrogens is 256 g/mol. The van der Waals surface area contributed by atoms with E-state index in [2.05, 4.69) is 0 Å². The number of carboxylic acid groups (broad SMARTS) is 1. The number of aliphatic carboxylic acids is 1. The van der Waals surface area contributed by atoms with Crippen LogP contribution in [0.15, 0.2) is 16.5 Å². The molecule has 19 heavy (non-hydrogen) atoms. The molecule has 1 aliphatic rings. The summed E-state index contributed by atoms with van der Waals surface area (Å²) in [4.78, 5) is 34.1. The predicted molar refractivity (Wildman–Crippen MR) is 61.7 cm³/mol. The van der Waals surface area contributed by atoms with Crippen LogP contribution in [0, 0.1) is 10.1 Å². The van der Waals surface area contributed by atoms with Crippen molar-refractivity contribution < 1.29 is 24.0 Å². The number of furan rings is 1. The maximum absolute atomic E-state index is 12.1. The molecule has 0 saturated carbocycles. The van der Waals surface area contributed by atoms with Crippen molar-refractivity contribution in [2.45, 2.75) is 25.3 Å². The zero-order valence-corrected chi connectivity index (χ0v) is 9.94. The van der Waals surface area contributed by atoms with E-state index in [1.807, 2.05) is 0 Å². The van der Waals surface area contributed by atoms with Gasteiger partial charge in [0.2, 0.25) is 0 Å². The molecule has 1 aromatic rings. The van der Waals surface area contributed by atoms with Crippen molar-refractivity contribution >= 4 is 17.8 Å². The fraction of sp³-hybridized carbons (Fsp3) is 0.455. The Kier molecular flexibility index (Phi) is 3.50. The molecule has 0 aromatic carbocycles. The Bertz CT molecular complexity index is 523. The number of amides is 1. The maximum atomic E-state index is 12.1. The van der Waals surface area contributed by atoms with E-state index in [4.69, 9.17) is 9.52 Å². The van der Waals surface area contributed by atoms with Gasteiger partial charge in [-0.15, -0.1) is 0 Å². The van der Waals surface area contributed by atoms with E-state index in [0.29, 0.717) is 19.4 Å². The van der Waals surface area contributed by atoms with E-state index in [9.17, 15) is 19.7 Å². The summed E-state index contributed by atoms with van der Waals surface area (Å²) in [7, 11) is 0. The van der Waals surface area contributed by atoms with E-state index in [1.165, 1.54) is 11.0 Å². The summed E-state index contributed by atoms with van der Waals surface area (Å²) in [5.74, 6) is -2.44. The Balaban J connectivity index is 2.21. The number of piperidine rings is 1. The Morgan fingerprint density at radius 3 is 2.74 bits per heavy atom. The molecule has 8 heteroatoms. The molecule has 1 N–H and O–H groups in total. The van der Waals surface area contributed by atoms with Crippen LogP contribution < -0.4 is 0 Å². The highest BCUT2D eigenvalue weighted by atomic mass is 16.6. The molecule has 102 valence electrons. The lowest BCUT2D eigenvalue weighted by molar-refractivity contribution is -0.402. The van der Waals surface area contributed by atoms with E-state index < -0.39 is 28.7 Å². The van der Waals surface area contributed by atoms with Crippen LogP contribution in [0.5, 0.6) is 0 Å². The average Bonchev–Trinajstić information content (AvgIpc) is 2.87. The van der Waals surface area contributed by atoms with Crippen LogP contribution in [-0.2, 0) is 4.79 Å². The minimum atomic E-state index is -1.07. The summed E-state index contributed by atoms with van der Waals surface area (Å²) in [6, 6.07) is 1.37. The highest BCUT2D eigenvalue weighted by Gasteiger charge is 2.34. The van der Waals surface area contributed by atoms with Crippen LogP contribution in [0.25, 0.3) is 0 Å². The molecule has 1 fully saturated rings. The van der Waals surface area contributed by atoms with Crippen molar-refractivity contribution in [3.8, 4) is 0 Å². The zero-order valence-electron chi connectivity index (χ0n) is 9.94. The minimum Gasteiger partial charge on any atom is -0.480 e. The molecule has 0 bridgehead atoms. The molecule has 1 unspecified atom stereocenters. The maximum Gasteiger partial charge on any atom is 0.433 e. The van der Waals surface area contributed by atoms with E-state index >= 15 is 0 Å². The molecule has 1 aliphatic heterocycles. The van der Waals surface area contributed by atoms with Crippen LogP contribution in [-0.4, -0.2) is 39.4 Å². The van der Waals surface area contributed by atoms with Gasteiger partial charge in [-0.25, -0.2) is 4.79 Å². The predicted octanol–water partition coefficient (Wildman–Crippen LogP) is 1.27. The van der Waals surface area contributed by atoms with Gasteiger partial charge in [0.05, 0.1) is 6.07 Å². The summed E-state index contributed by atoms with van der Waals surface area (Å²) >= 11 is 0. The molecule has 0 spiro atoms. The first-order chi connectivity index (χ1) is 9.00. The highest BCUT2D eigenvalue weighted by Crippen LogP contribution is 2.22. The van der Waals surface area contributed by atoms with Gasteiger partial charge in [0.1, 0.15) is 11.0 Å². The number of rotatable bonds is 3. The summed E-state index contributed by atoms with van der Waals surface area (Å²) < 4.78 is 4.80. The van der Waals surface area contributed by atoms with Gasteiger partial charge in [0.25, 0.3) is 5.91 Å². The minimum absolute atomic E-state index is 0.208. The molecule has 8 nitrogen and oxygen atoms in total. The van der Waals surface area contributed by atoms with Crippen LogP contribution in [0.3, 0.4) is 0 Å². The molecule has 2 heterocycles. The average molecular weight is 268 g/mol. The Hall–Kier alpha value is -2.38. The highest BCUT2D eigenvalue weighted by molar-refractivity contribution is 5.94. The Morgan fingerprint density at radius 1 is 1.42 bits per heavy atom. The number of hydrogen-bond acceptors (Lipinski definition) is 5. The lowest BCUT2D eigenvalue weighted by Crippen LogP contribution is -2.47. The van der Waals surface area contributed by atoms with Crippen molar-refractivity contribution in [2.24, 2.45) is 0 Å². The largest absolute Gasteiger partial charge is 0.480 e. The molecule has 1 amide bonds. The number of carboxylic acids is 1. The van der Waals surface area contributed by atoms with Crippen molar-refractivity contribution in [3.63, 3.8) is 0 Å². The van der Waals surface area contributed by atoms with Gasteiger partial charge >= 0.3 is 11.9 Å². The molecule has 0 radical (unpaired) electrons. The van der Waals surface area contributed by atoms with Crippen LogP contribution >= 0.6 is 0 Å². The Labute approximate surface area is 107 Å². The first-order valence-electron chi connectivity index (χ1n) is 5.78. The van der Waals surface area contributed by atoms with Gasteiger partial charge in [0, 0.05) is 6.54 Å². The van der Waals surface area contributed by atoms with Crippen LogP contribution in [0.1, 0.15) is 29.8 Å². The first kappa shape index (κ1) is 13.1. The number of likely N-dealkylation sites (tertiary alicyclic amines) is 1. The molecule has 2 rings (SSSR count). The summed E-state index contributed by atoms with van der Waals surface area (Å²) in [6.45, 7) is 0.310. The second-order valence-electron chi connectivity index (χ2n) is 4.24. The zero-order chi connectivity index (χ0) is 14.0. The van der Waals surface area contributed by atoms with Crippen molar-refractivity contribution in [1.82, 2.24) is 4.90 Å². The topological polar surface area (TPSA) is 114 Å². The molecule has 1 atom stereocenters. The van der Waals surface area contributed by atoms with Gasteiger partial charge < -0.3 is 14.4 Å². The molecular formula is C11H12N2O6. The van der Waals surface area contributed by atoms with Gasteiger partial charge in [-0.3, -0.25) is 14.9 Å². The van der Waals surface area contributed by atoms with Crippen molar-refractivity contribution in [2.75, 3.05) is 6.54 Å². The summed E-state index contributed by atoms with van der Waals surface area (Å²) in [5, 5.41) is 19.5. The van der Waals surface area contributed by atoms with E-state index in [1.54, 1.807) is 0 Å². The molecule has 1 saturated heterocycles. The lowest BCUT2D eigenvalue weighted by atomic mass is 10.0. The standard InChI is InChI=1S/C11H12N2O6/c14-10(8-4-5-9(19-8)13(17)18)12-6-2-1-3-7(12)11(15)16/h4-5,7H,1-3,6H2,(H,15,16). The van der Waals surface area contributed by atoms with Crippen molar-refractivity contribution in [3.05, 3.63) is 28.0 Å². The SMILES string of the molecule is O=C(O)C1CCCCN1C(=O)c1ccc([N+](=O)[O-])o1. The number of nitro groups is 1. The smallest absolute Gasteiger partial charge is 0.433 e. The fourth-order valence-electron chi connectivity index (χ4n) is 2.11. The third-order valence-corrected chi connectivity index (χ3v) is 3.03. The van der Waals surface area contributed by atoms with Gasteiger partial charge in [-0.1, -0.05) is 0 Å². The van der Waals surface area contributed by atoms with Gasteiger partial charge in [0.15, 0.2) is 5.76 Å². The fourth-order valence-corrected chi connectivity index (χ4v) is 2.11. The first-order valence-corrected chi connectivity index (χ1v) is 5.78.